The second kappa shape index (κ2) is 9.37. The summed E-state index contributed by atoms with van der Waals surface area (Å²) in [7, 11) is 0. The van der Waals surface area contributed by atoms with Crippen molar-refractivity contribution in [2.24, 2.45) is 0 Å². The van der Waals surface area contributed by atoms with Crippen LogP contribution in [-0.4, -0.2) is 0 Å². The Bertz CT molecular complexity index is 2500. The highest BCUT2D eigenvalue weighted by Crippen LogP contribution is 2.65. The summed E-state index contributed by atoms with van der Waals surface area (Å²) in [6, 6.07) is 61.5. The largest absolute Gasteiger partial charge is 0.456 e. The molecule has 7 aromatic carbocycles. The average Bonchev–Trinajstić information content (AvgIpc) is 3.77. The summed E-state index contributed by atoms with van der Waals surface area (Å²) in [6.07, 6.45) is 0. The number of hydrogen-bond donors (Lipinski definition) is 0. The quantitative estimate of drug-likeness (QED) is 0.194. The SMILES string of the molecule is c1ccc(N2c3ccccc3N(c3ccc4c(c3)-c3oc5ccccc5c3C43c4ccccc4-c4ccccc43)c3ccccc32)cc1. The first-order valence-corrected chi connectivity index (χ1v) is 16.5. The topological polar surface area (TPSA) is 19.6 Å². The van der Waals surface area contributed by atoms with E-state index in [1.807, 2.05) is 0 Å². The minimum absolute atomic E-state index is 0.467. The molecule has 3 heteroatoms. The summed E-state index contributed by atoms with van der Waals surface area (Å²) in [5.74, 6) is 0.962. The van der Waals surface area contributed by atoms with E-state index in [1.165, 1.54) is 38.8 Å². The molecule has 0 atom stereocenters. The highest BCUT2D eigenvalue weighted by Gasteiger charge is 2.54. The third-order valence-electron chi connectivity index (χ3n) is 10.6. The molecule has 2 heterocycles. The zero-order valence-corrected chi connectivity index (χ0v) is 26.0. The summed E-state index contributed by atoms with van der Waals surface area (Å²) in [5, 5.41) is 1.17. The van der Waals surface area contributed by atoms with E-state index in [0.29, 0.717) is 0 Å². The lowest BCUT2D eigenvalue weighted by atomic mass is 9.70. The van der Waals surface area contributed by atoms with Gasteiger partial charge in [0.1, 0.15) is 11.3 Å². The highest BCUT2D eigenvalue weighted by atomic mass is 16.3. The summed E-state index contributed by atoms with van der Waals surface area (Å²) < 4.78 is 6.88. The first-order valence-electron chi connectivity index (χ1n) is 16.5. The molecule has 1 aliphatic heterocycles. The van der Waals surface area contributed by atoms with Gasteiger partial charge in [0, 0.05) is 27.9 Å². The molecular formula is C45H28N2O. The van der Waals surface area contributed by atoms with Crippen LogP contribution in [0.15, 0.2) is 174 Å². The molecule has 0 radical (unpaired) electrons. The molecule has 48 heavy (non-hydrogen) atoms. The van der Waals surface area contributed by atoms with Gasteiger partial charge in [-0.15, -0.1) is 0 Å². The highest BCUT2D eigenvalue weighted by molar-refractivity contribution is 6.05. The van der Waals surface area contributed by atoms with Crippen LogP contribution in [0.1, 0.15) is 22.3 Å². The lowest BCUT2D eigenvalue weighted by Crippen LogP contribution is -2.26. The molecule has 11 rings (SSSR count). The number of benzene rings is 7. The Morgan fingerprint density at radius 2 is 0.896 bits per heavy atom. The van der Waals surface area contributed by atoms with Crippen molar-refractivity contribution in [1.29, 1.82) is 0 Å². The fraction of sp³-hybridized carbons (Fsp3) is 0.0222. The van der Waals surface area contributed by atoms with Crippen molar-refractivity contribution in [2.45, 2.75) is 5.41 Å². The molecule has 3 aliphatic rings. The lowest BCUT2D eigenvalue weighted by molar-refractivity contribution is 0.628. The molecule has 2 aliphatic carbocycles. The first kappa shape index (κ1) is 25.8. The Morgan fingerprint density at radius 3 is 1.54 bits per heavy atom. The van der Waals surface area contributed by atoms with E-state index in [4.69, 9.17) is 4.42 Å². The van der Waals surface area contributed by atoms with Crippen molar-refractivity contribution in [3.05, 3.63) is 192 Å². The van der Waals surface area contributed by atoms with Crippen molar-refractivity contribution in [2.75, 3.05) is 9.80 Å². The third-order valence-corrected chi connectivity index (χ3v) is 10.6. The number of rotatable bonds is 2. The number of anilines is 6. The zero-order valence-electron chi connectivity index (χ0n) is 26.0. The molecular weight excluding hydrogens is 585 g/mol. The predicted molar refractivity (Wildman–Crippen MR) is 195 cm³/mol. The molecule has 0 fully saturated rings. The smallest absolute Gasteiger partial charge is 0.140 e. The van der Waals surface area contributed by atoms with E-state index < -0.39 is 5.41 Å². The van der Waals surface area contributed by atoms with Crippen molar-refractivity contribution >= 4 is 45.1 Å². The van der Waals surface area contributed by atoms with Crippen LogP contribution in [0, 0.1) is 0 Å². The fourth-order valence-corrected chi connectivity index (χ4v) is 8.80. The Hall–Kier alpha value is -6.32. The number of furan rings is 1. The predicted octanol–water partition coefficient (Wildman–Crippen LogP) is 12.0. The van der Waals surface area contributed by atoms with Crippen LogP contribution in [-0.2, 0) is 5.41 Å². The van der Waals surface area contributed by atoms with Gasteiger partial charge in [-0.1, -0.05) is 115 Å². The second-order valence-corrected chi connectivity index (χ2v) is 12.9. The van der Waals surface area contributed by atoms with Crippen LogP contribution in [0.3, 0.4) is 0 Å². The molecule has 3 nitrogen and oxygen atoms in total. The maximum absolute atomic E-state index is 6.88. The molecule has 0 unspecified atom stereocenters. The van der Waals surface area contributed by atoms with Crippen molar-refractivity contribution in [3.63, 3.8) is 0 Å². The molecule has 8 aromatic rings. The van der Waals surface area contributed by atoms with Gasteiger partial charge in [-0.25, -0.2) is 0 Å². The number of nitrogens with zero attached hydrogens (tertiary/aromatic N) is 2. The van der Waals surface area contributed by atoms with Gasteiger partial charge >= 0.3 is 0 Å². The van der Waals surface area contributed by atoms with Crippen LogP contribution < -0.4 is 9.80 Å². The fourth-order valence-electron chi connectivity index (χ4n) is 8.80. The average molecular weight is 613 g/mol. The Kier molecular flexibility index (Phi) is 5.04. The maximum Gasteiger partial charge on any atom is 0.140 e. The standard InChI is InChI=1S/C45H28N2O/c1-2-14-29(15-3-1)46-38-21-9-11-23-40(38)47(41-24-12-10-22-39(41)46)30-26-27-37-34(28-30)44-43(33-18-6-13-25-42(33)48-44)45(37)35-19-7-4-16-31(35)32-17-5-8-20-36(32)45/h1-28H. The van der Waals surface area contributed by atoms with Crippen LogP contribution in [0.4, 0.5) is 34.1 Å². The number of fused-ring (bicyclic) bond motifs is 14. The summed E-state index contributed by atoms with van der Waals surface area (Å²) >= 11 is 0. The molecule has 0 saturated carbocycles. The lowest BCUT2D eigenvalue weighted by Gasteiger charge is -2.40. The minimum atomic E-state index is -0.467. The Labute approximate surface area is 278 Å². The monoisotopic (exact) mass is 612 g/mol. The molecule has 1 spiro atoms. The molecule has 0 saturated heterocycles. The summed E-state index contributed by atoms with van der Waals surface area (Å²) in [5.41, 5.74) is 16.1. The van der Waals surface area contributed by atoms with E-state index in [2.05, 4.69) is 180 Å². The van der Waals surface area contributed by atoms with Gasteiger partial charge in [0.2, 0.25) is 0 Å². The van der Waals surface area contributed by atoms with E-state index >= 15 is 0 Å². The molecule has 0 bridgehead atoms. The third kappa shape index (κ3) is 3.13. The number of hydrogen-bond acceptors (Lipinski definition) is 3. The molecule has 224 valence electrons. The Morgan fingerprint density at radius 1 is 0.396 bits per heavy atom. The van der Waals surface area contributed by atoms with Crippen LogP contribution >= 0.6 is 0 Å². The second-order valence-electron chi connectivity index (χ2n) is 12.9. The van der Waals surface area contributed by atoms with Gasteiger partial charge in [-0.3, -0.25) is 0 Å². The molecule has 0 N–H and O–H groups in total. The maximum atomic E-state index is 6.88. The van der Waals surface area contributed by atoms with E-state index in [0.717, 1.165) is 51.0 Å². The van der Waals surface area contributed by atoms with Crippen LogP contribution in [0.2, 0.25) is 0 Å². The van der Waals surface area contributed by atoms with Gasteiger partial charge in [-0.2, -0.15) is 0 Å². The van der Waals surface area contributed by atoms with Gasteiger partial charge in [0.25, 0.3) is 0 Å². The van der Waals surface area contributed by atoms with E-state index in [-0.39, 0.29) is 0 Å². The molecule has 0 amide bonds. The Balaban J connectivity index is 1.20. The van der Waals surface area contributed by atoms with Crippen LogP contribution in [0.5, 0.6) is 0 Å². The zero-order chi connectivity index (χ0) is 31.4. The van der Waals surface area contributed by atoms with Gasteiger partial charge in [0.05, 0.1) is 28.2 Å². The van der Waals surface area contributed by atoms with Crippen molar-refractivity contribution in [1.82, 2.24) is 0 Å². The first-order chi connectivity index (χ1) is 23.8. The van der Waals surface area contributed by atoms with Crippen LogP contribution in [0.25, 0.3) is 33.4 Å². The number of para-hydroxylation sites is 6. The van der Waals surface area contributed by atoms with E-state index in [9.17, 15) is 0 Å². The summed E-state index contributed by atoms with van der Waals surface area (Å²) in [4.78, 5) is 4.78. The normalized spacial score (nSPS) is 14.3. The summed E-state index contributed by atoms with van der Waals surface area (Å²) in [6.45, 7) is 0. The van der Waals surface area contributed by atoms with Crippen molar-refractivity contribution < 1.29 is 4.42 Å². The molecule has 1 aromatic heterocycles. The van der Waals surface area contributed by atoms with Gasteiger partial charge in [0.15, 0.2) is 0 Å². The van der Waals surface area contributed by atoms with Gasteiger partial charge < -0.3 is 14.2 Å². The van der Waals surface area contributed by atoms with E-state index in [1.54, 1.807) is 0 Å². The van der Waals surface area contributed by atoms with Gasteiger partial charge in [-0.05, 0) is 82.4 Å². The minimum Gasteiger partial charge on any atom is -0.456 e. The van der Waals surface area contributed by atoms with Crippen molar-refractivity contribution in [3.8, 4) is 22.5 Å².